The Hall–Kier alpha value is -2.12. The minimum absolute atomic E-state index is 0.219. The predicted molar refractivity (Wildman–Crippen MR) is 115 cm³/mol. The lowest BCUT2D eigenvalue weighted by atomic mass is 9.90. The average molecular weight is 413 g/mol. The number of anilines is 2. The van der Waals surface area contributed by atoms with Gasteiger partial charge in [-0.05, 0) is 56.0 Å². The number of aliphatic carboxylic acids is 1. The number of carboxylic acids is 1. The topological polar surface area (TPSA) is 78.3 Å². The second kappa shape index (κ2) is 9.13. The number of carboxylic acid groups (broad SMARTS) is 1. The Bertz CT molecular complexity index is 868. The van der Waals surface area contributed by atoms with Crippen LogP contribution in [0.1, 0.15) is 44.6 Å². The van der Waals surface area contributed by atoms with Crippen LogP contribution in [0.15, 0.2) is 40.5 Å². The number of piperidine rings is 1. The van der Waals surface area contributed by atoms with Crippen LogP contribution in [0, 0.1) is 11.8 Å². The molecular weight excluding hydrogens is 384 g/mol. The average Bonchev–Trinajstić information content (AvgIpc) is 2.73. The fourth-order valence-corrected chi connectivity index (χ4v) is 4.99. The molecule has 0 bridgehead atoms. The molecule has 0 spiro atoms. The molecule has 1 saturated heterocycles. The van der Waals surface area contributed by atoms with Gasteiger partial charge in [-0.2, -0.15) is 0 Å². The van der Waals surface area contributed by atoms with Crippen molar-refractivity contribution in [3.63, 3.8) is 0 Å². The number of likely N-dealkylation sites (tertiary alicyclic amines) is 1. The highest BCUT2D eigenvalue weighted by Crippen LogP contribution is 2.42. The first-order chi connectivity index (χ1) is 14.1. The maximum absolute atomic E-state index is 10.9. The highest BCUT2D eigenvalue weighted by Gasteiger charge is 2.21. The van der Waals surface area contributed by atoms with Gasteiger partial charge in [0, 0.05) is 23.8 Å². The first-order valence-corrected chi connectivity index (χ1v) is 11.2. The number of nitrogens with one attached hydrogen (secondary N) is 1. The van der Waals surface area contributed by atoms with Crippen molar-refractivity contribution in [3.8, 4) is 0 Å². The van der Waals surface area contributed by atoms with Crippen LogP contribution in [-0.4, -0.2) is 39.0 Å². The Labute approximate surface area is 176 Å². The molecule has 0 saturated carbocycles. The number of hydrogen-bond acceptors (Lipinski definition) is 6. The van der Waals surface area contributed by atoms with Gasteiger partial charge in [-0.1, -0.05) is 37.6 Å². The van der Waals surface area contributed by atoms with Gasteiger partial charge in [0.1, 0.15) is 5.03 Å². The Morgan fingerprint density at radius 3 is 2.90 bits per heavy atom. The molecule has 29 heavy (non-hydrogen) atoms. The van der Waals surface area contributed by atoms with Crippen LogP contribution in [0.5, 0.6) is 0 Å². The summed E-state index contributed by atoms with van der Waals surface area (Å²) in [6, 6.07) is 6.63. The maximum atomic E-state index is 10.9. The molecule has 1 aromatic carbocycles. The summed E-state index contributed by atoms with van der Waals surface area (Å²) in [5.74, 6) is 0.682. The largest absolute Gasteiger partial charge is 0.481 e. The molecular formula is C22H28N4O2S. The van der Waals surface area contributed by atoms with Crippen molar-refractivity contribution in [3.05, 3.63) is 36.2 Å². The Balaban J connectivity index is 1.26. The molecule has 0 aliphatic carbocycles. The zero-order chi connectivity index (χ0) is 20.2. The molecule has 6 nitrogen and oxygen atoms in total. The molecule has 0 amide bonds. The van der Waals surface area contributed by atoms with Crippen LogP contribution in [0.4, 0.5) is 11.5 Å². The number of carbonyl (C=O) groups is 1. The van der Waals surface area contributed by atoms with Crippen LogP contribution in [-0.2, 0) is 11.3 Å². The second-order valence-electron chi connectivity index (χ2n) is 8.16. The first kappa shape index (κ1) is 20.2. The lowest BCUT2D eigenvalue weighted by Crippen LogP contribution is -2.33. The van der Waals surface area contributed by atoms with Gasteiger partial charge in [-0.3, -0.25) is 9.69 Å². The van der Waals surface area contributed by atoms with E-state index in [1.807, 2.05) is 6.92 Å². The van der Waals surface area contributed by atoms with Crippen LogP contribution < -0.4 is 5.32 Å². The lowest BCUT2D eigenvalue weighted by molar-refractivity contribution is -0.141. The maximum Gasteiger partial charge on any atom is 0.306 e. The summed E-state index contributed by atoms with van der Waals surface area (Å²) in [5.41, 5.74) is 2.43. The van der Waals surface area contributed by atoms with Crippen LogP contribution in [0.25, 0.3) is 0 Å². The normalized spacial score (nSPS) is 17.8. The summed E-state index contributed by atoms with van der Waals surface area (Å²) in [4.78, 5) is 23.4. The smallest absolute Gasteiger partial charge is 0.306 e. The molecule has 2 aliphatic rings. The minimum Gasteiger partial charge on any atom is -0.481 e. The summed E-state index contributed by atoms with van der Waals surface area (Å²) in [5, 5.41) is 13.3. The molecule has 2 aliphatic heterocycles. The van der Waals surface area contributed by atoms with Gasteiger partial charge < -0.3 is 10.4 Å². The summed E-state index contributed by atoms with van der Waals surface area (Å²) in [7, 11) is 0. The fourth-order valence-electron chi connectivity index (χ4n) is 4.11. The highest BCUT2D eigenvalue weighted by molar-refractivity contribution is 7.99. The summed E-state index contributed by atoms with van der Waals surface area (Å²) in [6.45, 7) is 5.01. The minimum atomic E-state index is -0.673. The molecule has 154 valence electrons. The van der Waals surface area contributed by atoms with Gasteiger partial charge in [0.25, 0.3) is 0 Å². The van der Waals surface area contributed by atoms with Crippen molar-refractivity contribution in [1.29, 1.82) is 0 Å². The van der Waals surface area contributed by atoms with E-state index >= 15 is 0 Å². The van der Waals surface area contributed by atoms with Gasteiger partial charge in [0.05, 0.1) is 11.6 Å². The number of benzene rings is 1. The van der Waals surface area contributed by atoms with Crippen LogP contribution in [0.3, 0.4) is 0 Å². The van der Waals surface area contributed by atoms with E-state index in [0.717, 1.165) is 61.3 Å². The highest BCUT2D eigenvalue weighted by atomic mass is 32.2. The van der Waals surface area contributed by atoms with Crippen LogP contribution in [0.2, 0.25) is 0 Å². The number of nitrogens with zero attached hydrogens (tertiary/aromatic N) is 3. The third-order valence-corrected chi connectivity index (χ3v) is 7.02. The first-order valence-electron chi connectivity index (χ1n) is 10.4. The van der Waals surface area contributed by atoms with E-state index in [1.165, 1.54) is 23.3 Å². The second-order valence-corrected chi connectivity index (χ2v) is 9.19. The number of hydrogen-bond donors (Lipinski definition) is 2. The molecule has 1 unspecified atom stereocenters. The summed E-state index contributed by atoms with van der Waals surface area (Å²) < 4.78 is 0. The van der Waals surface area contributed by atoms with Crippen molar-refractivity contribution in [1.82, 2.24) is 14.9 Å². The van der Waals surface area contributed by atoms with Gasteiger partial charge >= 0.3 is 5.97 Å². The van der Waals surface area contributed by atoms with Crippen molar-refractivity contribution in [2.75, 3.05) is 18.4 Å². The zero-order valence-electron chi connectivity index (χ0n) is 16.8. The predicted octanol–water partition coefficient (Wildman–Crippen LogP) is 4.79. The van der Waals surface area contributed by atoms with Gasteiger partial charge in [-0.15, -0.1) is 0 Å². The fraction of sp³-hybridized carbons (Fsp3) is 0.500. The number of fused-ring (bicyclic) bond motifs is 2. The molecule has 7 heteroatoms. The number of aromatic nitrogens is 2. The van der Waals surface area contributed by atoms with E-state index in [1.54, 1.807) is 24.2 Å². The standard InChI is InChI=1S/C22H28N4O2S/c1-15(22(27)28)3-2-4-16-7-11-26(12-8-16)14-17-5-6-19-18(13-17)25-20-21(29-19)24-10-9-23-20/h5-6,9-10,13,15-16H,2-4,7-8,11-12,14H2,1H3,(H,23,25)(H,27,28). The van der Waals surface area contributed by atoms with Gasteiger partial charge in [0.15, 0.2) is 5.82 Å². The SMILES string of the molecule is CC(CCCC1CCN(Cc2ccc3c(c2)Nc2nccnc2S3)CC1)C(=O)O. The molecule has 0 radical (unpaired) electrons. The molecule has 3 heterocycles. The molecule has 1 atom stereocenters. The monoisotopic (exact) mass is 412 g/mol. The molecule has 2 N–H and O–H groups in total. The van der Waals surface area contributed by atoms with E-state index in [4.69, 9.17) is 5.11 Å². The third kappa shape index (κ3) is 5.08. The number of rotatable bonds is 7. The Morgan fingerprint density at radius 2 is 2.10 bits per heavy atom. The van der Waals surface area contributed by atoms with E-state index in [2.05, 4.69) is 38.4 Å². The lowest BCUT2D eigenvalue weighted by Gasteiger charge is -2.32. The third-order valence-electron chi connectivity index (χ3n) is 5.95. The zero-order valence-corrected chi connectivity index (χ0v) is 17.6. The van der Waals surface area contributed by atoms with E-state index < -0.39 is 5.97 Å². The van der Waals surface area contributed by atoms with Crippen molar-refractivity contribution >= 4 is 29.2 Å². The van der Waals surface area contributed by atoms with Crippen LogP contribution >= 0.6 is 11.8 Å². The molecule has 2 aromatic rings. The summed E-state index contributed by atoms with van der Waals surface area (Å²) >= 11 is 1.66. The summed E-state index contributed by atoms with van der Waals surface area (Å²) in [6.07, 6.45) is 8.84. The molecule has 4 rings (SSSR count). The van der Waals surface area contributed by atoms with Crippen molar-refractivity contribution < 1.29 is 9.90 Å². The Morgan fingerprint density at radius 1 is 1.31 bits per heavy atom. The van der Waals surface area contributed by atoms with Crippen molar-refractivity contribution in [2.45, 2.75) is 55.5 Å². The van der Waals surface area contributed by atoms with E-state index in [0.29, 0.717) is 0 Å². The molecule has 1 aromatic heterocycles. The van der Waals surface area contributed by atoms with E-state index in [-0.39, 0.29) is 5.92 Å². The Kier molecular flexibility index (Phi) is 6.35. The van der Waals surface area contributed by atoms with Gasteiger partial charge in [-0.25, -0.2) is 9.97 Å². The van der Waals surface area contributed by atoms with Gasteiger partial charge in [0.2, 0.25) is 0 Å². The van der Waals surface area contributed by atoms with E-state index in [9.17, 15) is 4.79 Å². The quantitative estimate of drug-likeness (QED) is 0.578. The molecule has 1 fully saturated rings. The van der Waals surface area contributed by atoms with Crippen molar-refractivity contribution in [2.24, 2.45) is 11.8 Å².